The summed E-state index contributed by atoms with van der Waals surface area (Å²) in [5.41, 5.74) is 2.80. The normalized spacial score (nSPS) is 10.8. The molecular weight excluding hydrogens is 382 g/mol. The number of hydrogen-bond donors (Lipinski definition) is 0. The molecule has 0 radical (unpaired) electrons. The van der Waals surface area contributed by atoms with Gasteiger partial charge in [-0.2, -0.15) is 0 Å². The number of hydrogen-bond acceptors (Lipinski definition) is 5. The number of nitrogens with zero attached hydrogens (tertiary/aromatic N) is 3. The number of benzene rings is 2. The van der Waals surface area contributed by atoms with Crippen molar-refractivity contribution in [2.24, 2.45) is 0 Å². The van der Waals surface area contributed by atoms with E-state index in [1.165, 1.54) is 11.3 Å². The largest absolute Gasteiger partial charge is 0.497 e. The van der Waals surface area contributed by atoms with Crippen molar-refractivity contribution in [1.29, 1.82) is 0 Å². The van der Waals surface area contributed by atoms with Gasteiger partial charge in [-0.3, -0.25) is 14.7 Å². The molecule has 0 aliphatic heterocycles. The van der Waals surface area contributed by atoms with Gasteiger partial charge in [0.15, 0.2) is 5.13 Å². The molecule has 5 nitrogen and oxygen atoms in total. The molecule has 0 N–H and O–H groups in total. The number of anilines is 1. The van der Waals surface area contributed by atoms with Crippen LogP contribution >= 0.6 is 11.3 Å². The SMILES string of the molecule is COc1ccc2sc(N(Cc3ccccn3)C(=O)CCc3ccccc3)nc2c1. The number of carbonyl (C=O) groups excluding carboxylic acids is 1. The molecule has 2 heterocycles. The highest BCUT2D eigenvalue weighted by Crippen LogP contribution is 2.32. The Morgan fingerprint density at radius 3 is 2.66 bits per heavy atom. The quantitative estimate of drug-likeness (QED) is 0.442. The van der Waals surface area contributed by atoms with Crippen molar-refractivity contribution in [3.05, 3.63) is 84.2 Å². The fourth-order valence-corrected chi connectivity index (χ4v) is 4.05. The maximum Gasteiger partial charge on any atom is 0.229 e. The standard InChI is InChI=1S/C23H21N3O2S/c1-28-19-11-12-21-20(15-19)25-23(29-21)26(16-18-9-5-6-14-24-18)22(27)13-10-17-7-3-2-4-8-17/h2-9,11-12,14-15H,10,13,16H2,1H3. The third-order valence-electron chi connectivity index (χ3n) is 4.63. The zero-order valence-corrected chi connectivity index (χ0v) is 16.9. The molecule has 0 bridgehead atoms. The molecular formula is C23H21N3O2S. The van der Waals surface area contributed by atoms with Crippen molar-refractivity contribution in [1.82, 2.24) is 9.97 Å². The predicted octanol–water partition coefficient (Wildman–Crippen LogP) is 4.87. The van der Waals surface area contributed by atoms with Gasteiger partial charge >= 0.3 is 0 Å². The van der Waals surface area contributed by atoms with Gasteiger partial charge < -0.3 is 4.74 Å². The molecule has 0 spiro atoms. The van der Waals surface area contributed by atoms with Gasteiger partial charge in [-0.15, -0.1) is 0 Å². The summed E-state index contributed by atoms with van der Waals surface area (Å²) in [6.45, 7) is 0.394. The lowest BCUT2D eigenvalue weighted by molar-refractivity contribution is -0.118. The Kier molecular flexibility index (Phi) is 5.81. The first-order valence-corrected chi connectivity index (χ1v) is 10.2. The van der Waals surface area contributed by atoms with Gasteiger partial charge in [0.05, 0.1) is 29.6 Å². The van der Waals surface area contributed by atoms with Crippen molar-refractivity contribution in [2.75, 3.05) is 12.0 Å². The van der Waals surface area contributed by atoms with E-state index in [0.717, 1.165) is 27.2 Å². The molecule has 0 atom stereocenters. The van der Waals surface area contributed by atoms with E-state index in [4.69, 9.17) is 9.72 Å². The van der Waals surface area contributed by atoms with Crippen molar-refractivity contribution < 1.29 is 9.53 Å². The molecule has 0 saturated carbocycles. The Morgan fingerprint density at radius 1 is 1.07 bits per heavy atom. The molecule has 2 aromatic heterocycles. The summed E-state index contributed by atoms with van der Waals surface area (Å²) in [6.07, 6.45) is 2.85. The zero-order chi connectivity index (χ0) is 20.1. The molecule has 6 heteroatoms. The first-order valence-electron chi connectivity index (χ1n) is 9.42. The van der Waals surface area contributed by atoms with Crippen LogP contribution in [0.1, 0.15) is 17.7 Å². The fourth-order valence-electron chi connectivity index (χ4n) is 3.08. The molecule has 29 heavy (non-hydrogen) atoms. The average molecular weight is 404 g/mol. The van der Waals surface area contributed by atoms with Crippen LogP contribution in [0.5, 0.6) is 5.75 Å². The van der Waals surface area contributed by atoms with E-state index >= 15 is 0 Å². The lowest BCUT2D eigenvalue weighted by atomic mass is 10.1. The van der Waals surface area contributed by atoms with Crippen LogP contribution in [0, 0.1) is 0 Å². The van der Waals surface area contributed by atoms with Gasteiger partial charge in [-0.1, -0.05) is 47.7 Å². The summed E-state index contributed by atoms with van der Waals surface area (Å²) in [4.78, 5) is 24.0. The number of ether oxygens (including phenoxy) is 1. The number of fused-ring (bicyclic) bond motifs is 1. The van der Waals surface area contributed by atoms with E-state index in [2.05, 4.69) is 4.98 Å². The molecule has 0 unspecified atom stereocenters. The Bertz CT molecular complexity index is 1100. The minimum absolute atomic E-state index is 0.0329. The van der Waals surface area contributed by atoms with E-state index < -0.39 is 0 Å². The number of amides is 1. The number of methoxy groups -OCH3 is 1. The van der Waals surface area contributed by atoms with Crippen LogP contribution in [-0.2, 0) is 17.8 Å². The number of pyridine rings is 1. The molecule has 0 fully saturated rings. The minimum Gasteiger partial charge on any atom is -0.497 e. The first-order chi connectivity index (χ1) is 14.2. The number of thiazole rings is 1. The summed E-state index contributed by atoms with van der Waals surface area (Å²) in [5.74, 6) is 0.784. The van der Waals surface area contributed by atoms with Gasteiger partial charge in [-0.05, 0) is 36.2 Å². The maximum absolute atomic E-state index is 13.2. The third kappa shape index (κ3) is 4.60. The van der Waals surface area contributed by atoms with Crippen LogP contribution in [0.2, 0.25) is 0 Å². The first kappa shape index (κ1) is 19.1. The third-order valence-corrected chi connectivity index (χ3v) is 5.69. The Morgan fingerprint density at radius 2 is 1.90 bits per heavy atom. The van der Waals surface area contributed by atoms with Gasteiger partial charge in [-0.25, -0.2) is 4.98 Å². The van der Waals surface area contributed by atoms with Crippen LogP contribution in [0.25, 0.3) is 10.2 Å². The second kappa shape index (κ2) is 8.84. The average Bonchev–Trinajstić information content (AvgIpc) is 3.20. The van der Waals surface area contributed by atoms with Gasteiger partial charge in [0, 0.05) is 18.7 Å². The number of rotatable bonds is 7. The molecule has 4 rings (SSSR count). The zero-order valence-electron chi connectivity index (χ0n) is 16.1. The van der Waals surface area contributed by atoms with Gasteiger partial charge in [0.2, 0.25) is 5.91 Å². The molecule has 1 amide bonds. The van der Waals surface area contributed by atoms with Crippen LogP contribution in [0.4, 0.5) is 5.13 Å². The maximum atomic E-state index is 13.2. The fraction of sp³-hybridized carbons (Fsp3) is 0.174. The molecule has 0 saturated heterocycles. The topological polar surface area (TPSA) is 55.3 Å². The van der Waals surface area contributed by atoms with Crippen molar-refractivity contribution in [3.8, 4) is 5.75 Å². The highest BCUT2D eigenvalue weighted by atomic mass is 32.1. The van der Waals surface area contributed by atoms with E-state index in [1.54, 1.807) is 18.2 Å². The van der Waals surface area contributed by atoms with Crippen molar-refractivity contribution in [2.45, 2.75) is 19.4 Å². The van der Waals surface area contributed by atoms with E-state index in [0.29, 0.717) is 24.5 Å². The van der Waals surface area contributed by atoms with Crippen LogP contribution < -0.4 is 9.64 Å². The summed E-state index contributed by atoms with van der Waals surface area (Å²) in [6, 6.07) is 21.5. The highest BCUT2D eigenvalue weighted by molar-refractivity contribution is 7.22. The van der Waals surface area contributed by atoms with Gasteiger partial charge in [0.25, 0.3) is 0 Å². The molecule has 146 valence electrons. The smallest absolute Gasteiger partial charge is 0.229 e. The Labute approximate surface area is 173 Å². The number of aryl methyl sites for hydroxylation is 1. The van der Waals surface area contributed by atoms with Crippen LogP contribution in [0.15, 0.2) is 72.9 Å². The summed E-state index contributed by atoms with van der Waals surface area (Å²) >= 11 is 1.50. The van der Waals surface area contributed by atoms with Crippen LogP contribution in [-0.4, -0.2) is 23.0 Å². The Balaban J connectivity index is 1.61. The number of carbonyl (C=O) groups is 1. The molecule has 4 aromatic rings. The van der Waals surface area contributed by atoms with E-state index in [-0.39, 0.29) is 5.91 Å². The minimum atomic E-state index is 0.0329. The van der Waals surface area contributed by atoms with E-state index in [9.17, 15) is 4.79 Å². The molecule has 0 aliphatic carbocycles. The lowest BCUT2D eigenvalue weighted by Crippen LogP contribution is -2.30. The predicted molar refractivity (Wildman–Crippen MR) is 116 cm³/mol. The van der Waals surface area contributed by atoms with E-state index in [1.807, 2.05) is 66.7 Å². The highest BCUT2D eigenvalue weighted by Gasteiger charge is 2.21. The van der Waals surface area contributed by atoms with Crippen molar-refractivity contribution >= 4 is 32.6 Å². The lowest BCUT2D eigenvalue weighted by Gasteiger charge is -2.19. The Hall–Kier alpha value is -3.25. The summed E-state index contributed by atoms with van der Waals surface area (Å²) < 4.78 is 6.31. The van der Waals surface area contributed by atoms with Crippen LogP contribution in [0.3, 0.4) is 0 Å². The number of aromatic nitrogens is 2. The monoisotopic (exact) mass is 403 g/mol. The molecule has 2 aromatic carbocycles. The van der Waals surface area contributed by atoms with Gasteiger partial charge in [0.1, 0.15) is 5.75 Å². The second-order valence-electron chi connectivity index (χ2n) is 6.62. The summed E-state index contributed by atoms with van der Waals surface area (Å²) in [7, 11) is 1.63. The second-order valence-corrected chi connectivity index (χ2v) is 7.63. The summed E-state index contributed by atoms with van der Waals surface area (Å²) in [5, 5.41) is 0.678. The van der Waals surface area contributed by atoms with Crippen molar-refractivity contribution in [3.63, 3.8) is 0 Å². The molecule has 0 aliphatic rings.